The molecule has 0 bridgehead atoms. The Labute approximate surface area is 613 Å². The van der Waals surface area contributed by atoms with Gasteiger partial charge in [-0.15, -0.1) is 0 Å². The highest BCUT2D eigenvalue weighted by Gasteiger charge is 2.29. The Morgan fingerprint density at radius 1 is 0.287 bits per heavy atom. The summed E-state index contributed by atoms with van der Waals surface area (Å²) in [6.07, 6.45) is 91.9. The van der Waals surface area contributed by atoms with Crippen molar-refractivity contribution in [2.45, 2.75) is 322 Å². The number of phosphoric ester groups is 2. The average molecular weight is 1460 g/mol. The Morgan fingerprint density at radius 3 is 0.842 bits per heavy atom. The summed E-state index contributed by atoms with van der Waals surface area (Å²) in [6, 6.07) is 0. The smallest absolute Gasteiger partial charge is 0.463 e. The number of rotatable bonds is 73. The summed E-state index contributed by atoms with van der Waals surface area (Å²) in [5, 5.41) is 20.6. The molecule has 0 aliphatic carbocycles. The van der Waals surface area contributed by atoms with Gasteiger partial charge in [0.25, 0.3) is 0 Å². The van der Waals surface area contributed by atoms with Crippen LogP contribution in [0.4, 0.5) is 0 Å². The number of unbranched alkanes of at least 4 members (excludes halogenated alkanes) is 26. The summed E-state index contributed by atoms with van der Waals surface area (Å²) < 4.78 is 61.1. The molecule has 0 aromatic heterocycles. The monoisotopic (exact) mass is 1450 g/mol. The summed E-state index contributed by atoms with van der Waals surface area (Å²) >= 11 is 0. The average Bonchev–Trinajstić information content (AvgIpc) is 0.980. The SMILES string of the molecule is CC/C=C\C/C=C\C/C=C\C/C=C\C/C=C\CCCCCCCCCCCCCCCCCC(=O)OCC(O)COP(=O)(O)OCC(O)COP(=O)(O)OCC(COC(=O)CCCCC/C=C\C/C=C\C/C=C\C/C=C\C/C=C\CC)OC(=O)CCCCCCC/C=C\C/C=C\CCCCC. The van der Waals surface area contributed by atoms with Crippen molar-refractivity contribution in [3.8, 4) is 0 Å². The second-order valence-corrected chi connectivity index (χ2v) is 28.7. The third kappa shape index (κ3) is 76.4. The lowest BCUT2D eigenvalue weighted by Crippen LogP contribution is -2.30. The van der Waals surface area contributed by atoms with Crippen LogP contribution in [0.5, 0.6) is 0 Å². The highest BCUT2D eigenvalue weighted by atomic mass is 31.2. The fourth-order valence-electron chi connectivity index (χ4n) is 10.1. The number of carbonyl (C=O) groups excluding carboxylic acids is 3. The molecule has 0 saturated heterocycles. The normalized spacial score (nSPS) is 14.8. The molecule has 18 heteroatoms. The van der Waals surface area contributed by atoms with E-state index < -0.39 is 91.5 Å². The Kier molecular flexibility index (Phi) is 71.7. The number of esters is 3. The van der Waals surface area contributed by atoms with Gasteiger partial charge in [0.05, 0.1) is 26.4 Å². The summed E-state index contributed by atoms with van der Waals surface area (Å²) in [4.78, 5) is 58.6. The highest BCUT2D eigenvalue weighted by molar-refractivity contribution is 7.47. The van der Waals surface area contributed by atoms with Gasteiger partial charge in [0, 0.05) is 19.3 Å². The van der Waals surface area contributed by atoms with E-state index >= 15 is 0 Å². The van der Waals surface area contributed by atoms with E-state index in [1.54, 1.807) is 0 Å². The molecular formula is C83H140O16P2. The number of aliphatic hydroxyl groups excluding tert-OH is 2. The van der Waals surface area contributed by atoms with Crippen LogP contribution in [0.15, 0.2) is 146 Å². The first-order chi connectivity index (χ1) is 49.2. The number of hydrogen-bond donors (Lipinski definition) is 4. The van der Waals surface area contributed by atoms with Crippen molar-refractivity contribution < 1.29 is 75.8 Å². The van der Waals surface area contributed by atoms with Crippen molar-refractivity contribution in [3.63, 3.8) is 0 Å². The van der Waals surface area contributed by atoms with Gasteiger partial charge in [0.2, 0.25) is 0 Å². The summed E-state index contributed by atoms with van der Waals surface area (Å²) in [5.74, 6) is -1.63. The minimum atomic E-state index is -4.94. The van der Waals surface area contributed by atoms with E-state index in [0.717, 1.165) is 148 Å². The van der Waals surface area contributed by atoms with Gasteiger partial charge in [-0.1, -0.05) is 289 Å². The van der Waals surface area contributed by atoms with Crippen LogP contribution in [0, 0.1) is 0 Å². The van der Waals surface area contributed by atoms with E-state index in [9.17, 15) is 43.5 Å². The van der Waals surface area contributed by atoms with E-state index in [2.05, 4.69) is 167 Å². The topological polar surface area (TPSA) is 231 Å². The van der Waals surface area contributed by atoms with E-state index in [1.165, 1.54) is 96.3 Å². The van der Waals surface area contributed by atoms with Gasteiger partial charge < -0.3 is 34.2 Å². The molecule has 5 unspecified atom stereocenters. The van der Waals surface area contributed by atoms with Gasteiger partial charge in [-0.25, -0.2) is 9.13 Å². The Balaban J connectivity index is 4.51. The molecule has 4 N–H and O–H groups in total. The third-order valence-electron chi connectivity index (χ3n) is 16.0. The maximum atomic E-state index is 12.9. The molecule has 16 nitrogen and oxygen atoms in total. The van der Waals surface area contributed by atoms with Crippen LogP contribution in [0.2, 0.25) is 0 Å². The second-order valence-electron chi connectivity index (χ2n) is 25.7. The molecule has 0 aliphatic rings. The molecule has 0 spiro atoms. The Hall–Kier alpha value is -4.57. The quantitative estimate of drug-likeness (QED) is 0.0146. The first kappa shape index (κ1) is 96.4. The molecule has 0 aromatic carbocycles. The predicted molar refractivity (Wildman–Crippen MR) is 417 cm³/mol. The fourth-order valence-corrected chi connectivity index (χ4v) is 11.7. The third-order valence-corrected chi connectivity index (χ3v) is 17.9. The molecule has 0 fully saturated rings. The van der Waals surface area contributed by atoms with Crippen molar-refractivity contribution >= 4 is 33.6 Å². The number of allylic oxidation sites excluding steroid dienone is 24. The van der Waals surface area contributed by atoms with Crippen molar-refractivity contribution in [2.75, 3.05) is 39.6 Å². The molecular weight excluding hydrogens is 1310 g/mol. The van der Waals surface area contributed by atoms with Gasteiger partial charge in [-0.2, -0.15) is 0 Å². The van der Waals surface area contributed by atoms with Crippen LogP contribution in [0.1, 0.15) is 303 Å². The molecule has 0 aromatic rings. The van der Waals surface area contributed by atoms with E-state index in [4.69, 9.17) is 32.3 Å². The molecule has 578 valence electrons. The zero-order valence-corrected chi connectivity index (χ0v) is 64.8. The minimum absolute atomic E-state index is 0.0776. The molecule has 0 rings (SSSR count). The molecule has 0 amide bonds. The lowest BCUT2D eigenvalue weighted by molar-refractivity contribution is -0.161. The van der Waals surface area contributed by atoms with Crippen LogP contribution in [0.3, 0.4) is 0 Å². The molecule has 0 radical (unpaired) electrons. The van der Waals surface area contributed by atoms with E-state index in [0.29, 0.717) is 19.3 Å². The highest BCUT2D eigenvalue weighted by Crippen LogP contribution is 2.45. The summed E-state index contributed by atoms with van der Waals surface area (Å²) in [7, 11) is -9.81. The van der Waals surface area contributed by atoms with Gasteiger partial charge in [-0.05, 0) is 141 Å². The fraction of sp³-hybridized carbons (Fsp3) is 0.675. The van der Waals surface area contributed by atoms with Crippen LogP contribution in [0.25, 0.3) is 0 Å². The first-order valence-electron chi connectivity index (χ1n) is 39.1. The molecule has 0 saturated carbocycles. The predicted octanol–water partition coefficient (Wildman–Crippen LogP) is 22.9. The minimum Gasteiger partial charge on any atom is -0.463 e. The van der Waals surface area contributed by atoms with Gasteiger partial charge in [-0.3, -0.25) is 32.5 Å². The molecule has 101 heavy (non-hydrogen) atoms. The van der Waals surface area contributed by atoms with Gasteiger partial charge in [0.1, 0.15) is 25.4 Å². The number of aliphatic hydroxyl groups is 2. The van der Waals surface area contributed by atoms with Crippen LogP contribution in [-0.2, 0) is 55.8 Å². The van der Waals surface area contributed by atoms with Crippen LogP contribution >= 0.6 is 15.6 Å². The van der Waals surface area contributed by atoms with E-state index in [1.807, 2.05) is 0 Å². The zero-order chi connectivity index (χ0) is 73.7. The van der Waals surface area contributed by atoms with Crippen molar-refractivity contribution in [3.05, 3.63) is 146 Å². The summed E-state index contributed by atoms with van der Waals surface area (Å²) in [5.41, 5.74) is 0. The standard InChI is InChI=1S/C83H140O16P2/c1-4-7-10-13-16-19-22-25-28-30-32-33-34-35-36-37-38-39-40-41-42-43-45-47-49-51-54-57-60-63-66-69-81(86)93-72-78(84)73-95-100(89,90)96-74-79(85)75-97-101(91,92)98-77-80(99-83(88)71-68-65-62-59-56-53-48-27-24-21-18-15-12-9-6-3)76-94-82(87)70-67-64-61-58-55-52-50-46-44-31-29-26-23-20-17-14-11-8-5-2/h7-8,10-11,16-21,25-29,32-33,35-36,44,46,48,52,55,78-80,84-85H,4-6,9,12-15,22-24,30-31,34,37-43,45,47,49-51,53-54,56-77H2,1-3H3,(H,89,90)(H,91,92)/b10-7-,11-8-,19-16-,20-17-,21-18-,28-25-,29-26-,33-32-,36-35-,46-44-,48-27-,55-52-. The van der Waals surface area contributed by atoms with Crippen LogP contribution in [-0.4, -0.2) is 95.9 Å². The van der Waals surface area contributed by atoms with E-state index in [-0.39, 0.29) is 19.3 Å². The second kappa shape index (κ2) is 75.1. The largest absolute Gasteiger partial charge is 0.472 e. The number of carbonyl (C=O) groups is 3. The maximum absolute atomic E-state index is 12.9. The molecule has 0 heterocycles. The Bertz CT molecular complexity index is 2420. The van der Waals surface area contributed by atoms with Crippen molar-refractivity contribution in [1.82, 2.24) is 0 Å². The van der Waals surface area contributed by atoms with Gasteiger partial charge in [0.15, 0.2) is 6.10 Å². The first-order valence-corrected chi connectivity index (χ1v) is 42.1. The van der Waals surface area contributed by atoms with Crippen molar-refractivity contribution in [1.29, 1.82) is 0 Å². The lowest BCUT2D eigenvalue weighted by atomic mass is 10.0. The Morgan fingerprint density at radius 2 is 0.525 bits per heavy atom. The number of hydrogen-bond acceptors (Lipinski definition) is 14. The zero-order valence-electron chi connectivity index (χ0n) is 63.0. The maximum Gasteiger partial charge on any atom is 0.472 e. The summed E-state index contributed by atoms with van der Waals surface area (Å²) in [6.45, 7) is 2.37. The lowest BCUT2D eigenvalue weighted by Gasteiger charge is -2.21. The van der Waals surface area contributed by atoms with Crippen LogP contribution < -0.4 is 0 Å². The number of phosphoric acid groups is 2. The molecule has 0 aliphatic heterocycles. The molecule has 5 atom stereocenters. The van der Waals surface area contributed by atoms with Gasteiger partial charge >= 0.3 is 33.6 Å². The van der Waals surface area contributed by atoms with Crippen molar-refractivity contribution in [2.24, 2.45) is 0 Å². The number of ether oxygens (including phenoxy) is 3.